The van der Waals surface area contributed by atoms with Gasteiger partial charge in [0.1, 0.15) is 11.5 Å². The minimum absolute atomic E-state index is 0.0667. The molecule has 2 amide bonds. The van der Waals surface area contributed by atoms with Gasteiger partial charge in [-0.2, -0.15) is 5.10 Å². The summed E-state index contributed by atoms with van der Waals surface area (Å²) >= 11 is 11.7. The van der Waals surface area contributed by atoms with Gasteiger partial charge in [-0.15, -0.1) is 0 Å². The maximum absolute atomic E-state index is 12.3. The molecule has 0 bridgehead atoms. The second-order valence-electron chi connectivity index (χ2n) is 6.67. The predicted molar refractivity (Wildman–Crippen MR) is 125 cm³/mol. The minimum atomic E-state index is -0.492. The fraction of sp³-hybridized carbons (Fsp3) is 0.0870. The van der Waals surface area contributed by atoms with Gasteiger partial charge in [-0.05, 0) is 48.0 Å². The van der Waals surface area contributed by atoms with Crippen LogP contribution in [0.15, 0.2) is 65.8 Å². The number of halogens is 2. The SMILES string of the molecule is COc1cc(NC(=O)Cc2ccc(Cl)cc2)ccc1C=NNC(=O)c1ccc(O)c(Cl)c1. The fourth-order valence-electron chi connectivity index (χ4n) is 2.76. The number of carbonyl (C=O) groups excluding carboxylic acids is 2. The van der Waals surface area contributed by atoms with E-state index in [9.17, 15) is 14.7 Å². The number of phenolic OH excluding ortho intramolecular Hbond substituents is 1. The molecule has 32 heavy (non-hydrogen) atoms. The zero-order valence-electron chi connectivity index (χ0n) is 16.9. The van der Waals surface area contributed by atoms with Gasteiger partial charge < -0.3 is 15.2 Å². The second-order valence-corrected chi connectivity index (χ2v) is 7.52. The highest BCUT2D eigenvalue weighted by atomic mass is 35.5. The Morgan fingerprint density at radius 3 is 2.50 bits per heavy atom. The van der Waals surface area contributed by atoms with Crippen molar-refractivity contribution in [3.05, 3.63) is 87.4 Å². The van der Waals surface area contributed by atoms with Crippen molar-refractivity contribution in [2.45, 2.75) is 6.42 Å². The molecule has 0 atom stereocenters. The lowest BCUT2D eigenvalue weighted by Gasteiger charge is -2.10. The van der Waals surface area contributed by atoms with Crippen LogP contribution in [0.3, 0.4) is 0 Å². The molecule has 0 spiro atoms. The number of phenols is 1. The largest absolute Gasteiger partial charge is 0.506 e. The number of carbonyl (C=O) groups is 2. The highest BCUT2D eigenvalue weighted by Gasteiger charge is 2.09. The first-order chi connectivity index (χ1) is 15.4. The molecular formula is C23H19Cl2N3O4. The molecule has 3 rings (SSSR count). The monoisotopic (exact) mass is 471 g/mol. The molecule has 0 radical (unpaired) electrons. The van der Waals surface area contributed by atoms with E-state index in [1.54, 1.807) is 42.5 Å². The van der Waals surface area contributed by atoms with Gasteiger partial charge >= 0.3 is 0 Å². The van der Waals surface area contributed by atoms with Crippen LogP contribution < -0.4 is 15.5 Å². The first kappa shape index (κ1) is 23.1. The van der Waals surface area contributed by atoms with Gasteiger partial charge in [0.2, 0.25) is 5.91 Å². The summed E-state index contributed by atoms with van der Waals surface area (Å²) in [4.78, 5) is 24.4. The summed E-state index contributed by atoms with van der Waals surface area (Å²) in [5.41, 5.74) is 4.61. The van der Waals surface area contributed by atoms with Crippen molar-refractivity contribution in [1.29, 1.82) is 0 Å². The molecule has 0 unspecified atom stereocenters. The number of hydrogen-bond donors (Lipinski definition) is 3. The second kappa shape index (κ2) is 10.7. The van der Waals surface area contributed by atoms with E-state index in [1.807, 2.05) is 0 Å². The molecule has 0 saturated carbocycles. The van der Waals surface area contributed by atoms with Crippen LogP contribution in [0.2, 0.25) is 10.0 Å². The smallest absolute Gasteiger partial charge is 0.271 e. The van der Waals surface area contributed by atoms with Crippen molar-refractivity contribution in [3.8, 4) is 11.5 Å². The van der Waals surface area contributed by atoms with Crippen molar-refractivity contribution < 1.29 is 19.4 Å². The molecule has 0 aliphatic rings. The number of hydrogen-bond acceptors (Lipinski definition) is 5. The van der Waals surface area contributed by atoms with Crippen LogP contribution in [0, 0.1) is 0 Å². The number of anilines is 1. The van der Waals surface area contributed by atoms with Crippen LogP contribution in [0.25, 0.3) is 0 Å². The lowest BCUT2D eigenvalue weighted by Crippen LogP contribution is -2.17. The molecule has 164 valence electrons. The summed E-state index contributed by atoms with van der Waals surface area (Å²) < 4.78 is 5.35. The lowest BCUT2D eigenvalue weighted by molar-refractivity contribution is -0.115. The molecule has 3 N–H and O–H groups in total. The number of hydrazone groups is 1. The Morgan fingerprint density at radius 1 is 1.06 bits per heavy atom. The molecule has 0 saturated heterocycles. The third-order valence-electron chi connectivity index (χ3n) is 4.37. The maximum atomic E-state index is 12.3. The van der Waals surface area contributed by atoms with Crippen molar-refractivity contribution in [2.75, 3.05) is 12.4 Å². The molecule has 9 heteroatoms. The topological polar surface area (TPSA) is 100 Å². The summed E-state index contributed by atoms with van der Waals surface area (Å²) in [5, 5.41) is 16.8. The number of aromatic hydroxyl groups is 1. The summed E-state index contributed by atoms with van der Waals surface area (Å²) in [6.07, 6.45) is 1.62. The lowest BCUT2D eigenvalue weighted by atomic mass is 10.1. The first-order valence-corrected chi connectivity index (χ1v) is 10.2. The maximum Gasteiger partial charge on any atom is 0.271 e. The van der Waals surface area contributed by atoms with E-state index >= 15 is 0 Å². The number of methoxy groups -OCH3 is 1. The average molecular weight is 472 g/mol. The van der Waals surface area contributed by atoms with Gasteiger partial charge in [0.25, 0.3) is 5.91 Å². The van der Waals surface area contributed by atoms with E-state index in [1.165, 1.54) is 31.5 Å². The van der Waals surface area contributed by atoms with Crippen molar-refractivity contribution in [3.63, 3.8) is 0 Å². The highest BCUT2D eigenvalue weighted by Crippen LogP contribution is 2.24. The molecular weight excluding hydrogens is 453 g/mol. The predicted octanol–water partition coefficient (Wildman–Crippen LogP) is 4.65. The molecule has 3 aromatic rings. The number of ether oxygens (including phenoxy) is 1. The Hall–Kier alpha value is -3.55. The van der Waals surface area contributed by atoms with E-state index in [0.717, 1.165) is 5.56 Å². The Balaban J connectivity index is 1.62. The Kier molecular flexibility index (Phi) is 7.70. The van der Waals surface area contributed by atoms with Crippen molar-refractivity contribution in [2.24, 2.45) is 5.10 Å². The number of nitrogens with one attached hydrogen (secondary N) is 2. The van der Waals surface area contributed by atoms with Crippen LogP contribution in [0.1, 0.15) is 21.5 Å². The third kappa shape index (κ3) is 6.23. The van der Waals surface area contributed by atoms with E-state index in [-0.39, 0.29) is 28.7 Å². The Bertz CT molecular complexity index is 1160. The van der Waals surface area contributed by atoms with Crippen molar-refractivity contribution in [1.82, 2.24) is 5.43 Å². The number of amides is 2. The summed E-state index contributed by atoms with van der Waals surface area (Å²) in [6.45, 7) is 0. The van der Waals surface area contributed by atoms with Crippen LogP contribution >= 0.6 is 23.2 Å². The zero-order valence-corrected chi connectivity index (χ0v) is 18.4. The molecule has 0 aliphatic carbocycles. The summed E-state index contributed by atoms with van der Waals surface area (Å²) in [7, 11) is 1.49. The molecule has 3 aromatic carbocycles. The zero-order chi connectivity index (χ0) is 23.1. The van der Waals surface area contributed by atoms with Gasteiger partial charge in [0.05, 0.1) is 24.8 Å². The molecule has 0 fully saturated rings. The van der Waals surface area contributed by atoms with E-state index in [0.29, 0.717) is 22.0 Å². The quantitative estimate of drug-likeness (QED) is 0.344. The van der Waals surface area contributed by atoms with Gasteiger partial charge in [-0.3, -0.25) is 9.59 Å². The highest BCUT2D eigenvalue weighted by molar-refractivity contribution is 6.32. The standard InChI is InChI=1S/C23H19Cl2N3O4/c1-32-21-12-18(27-22(30)10-14-2-6-17(24)7-3-14)8-4-16(21)13-26-28-23(31)15-5-9-20(29)19(25)11-15/h2-9,11-13,29H,10H2,1H3,(H,27,30)(H,28,31). The molecule has 0 heterocycles. The summed E-state index contributed by atoms with van der Waals surface area (Å²) in [5.74, 6) is -0.333. The first-order valence-electron chi connectivity index (χ1n) is 9.40. The number of nitrogens with zero attached hydrogens (tertiary/aromatic N) is 1. The van der Waals surface area contributed by atoms with Gasteiger partial charge in [0.15, 0.2) is 0 Å². The van der Waals surface area contributed by atoms with Crippen LogP contribution in [0.5, 0.6) is 11.5 Å². The number of rotatable bonds is 7. The molecule has 7 nitrogen and oxygen atoms in total. The van der Waals surface area contributed by atoms with Gasteiger partial charge in [0, 0.05) is 27.9 Å². The average Bonchev–Trinajstić information content (AvgIpc) is 2.77. The van der Waals surface area contributed by atoms with Crippen LogP contribution in [0.4, 0.5) is 5.69 Å². The van der Waals surface area contributed by atoms with E-state index < -0.39 is 5.91 Å². The van der Waals surface area contributed by atoms with E-state index in [4.69, 9.17) is 27.9 Å². The summed E-state index contributed by atoms with van der Waals surface area (Å²) in [6, 6.07) is 16.2. The van der Waals surface area contributed by atoms with Gasteiger partial charge in [-0.25, -0.2) is 5.43 Å². The fourth-order valence-corrected chi connectivity index (χ4v) is 3.07. The van der Waals surface area contributed by atoms with Gasteiger partial charge in [-0.1, -0.05) is 35.3 Å². The van der Waals surface area contributed by atoms with Crippen LogP contribution in [-0.4, -0.2) is 30.2 Å². The number of benzene rings is 3. The van der Waals surface area contributed by atoms with Crippen molar-refractivity contribution >= 4 is 46.9 Å². The Labute approximate surface area is 194 Å². The van der Waals surface area contributed by atoms with E-state index in [2.05, 4.69) is 15.8 Å². The molecule has 0 aromatic heterocycles. The normalized spacial score (nSPS) is 10.7. The van der Waals surface area contributed by atoms with Crippen LogP contribution in [-0.2, 0) is 11.2 Å². The Morgan fingerprint density at radius 2 is 1.81 bits per heavy atom. The minimum Gasteiger partial charge on any atom is -0.506 e. The third-order valence-corrected chi connectivity index (χ3v) is 4.93. The molecule has 0 aliphatic heterocycles.